The Bertz CT molecular complexity index is 988. The molecule has 2 fully saturated rings. The van der Waals surface area contributed by atoms with Gasteiger partial charge in [-0.3, -0.25) is 10.1 Å². The minimum atomic E-state index is -0.935. The van der Waals surface area contributed by atoms with Crippen LogP contribution in [0.5, 0.6) is 11.5 Å². The molecule has 4 unspecified atom stereocenters. The Balaban J connectivity index is 1.54. The van der Waals surface area contributed by atoms with Gasteiger partial charge in [0, 0.05) is 28.6 Å². The van der Waals surface area contributed by atoms with Crippen LogP contribution in [0.15, 0.2) is 6.07 Å². The predicted molar refractivity (Wildman–Crippen MR) is 126 cm³/mol. The van der Waals surface area contributed by atoms with Crippen molar-refractivity contribution in [3.05, 3.63) is 22.8 Å². The molecule has 2 bridgehead atoms. The number of aliphatic hydroxyl groups excluding tert-OH is 2. The minimum absolute atomic E-state index is 0.0270. The molecule has 1 saturated heterocycles. The van der Waals surface area contributed by atoms with Crippen molar-refractivity contribution >= 4 is 5.97 Å². The summed E-state index contributed by atoms with van der Waals surface area (Å²) in [7, 11) is 2.18. The molecule has 2 aliphatic heterocycles. The molecule has 0 amide bonds. The number of nitrogens with zero attached hydrogens (tertiary/aromatic N) is 1. The van der Waals surface area contributed by atoms with Crippen molar-refractivity contribution < 1.29 is 29.6 Å². The highest BCUT2D eigenvalue weighted by Crippen LogP contribution is 2.64. The SMILES string of the molecule is CC(O)C(NC1CC[C@H]2[C@H]3Cc4cc(CO)c(O)c5c4[C@@]2(CCN3C)C1O5)C(=O)OC(C)(C)C. The summed E-state index contributed by atoms with van der Waals surface area (Å²) in [6.45, 7) is 7.72. The number of carbonyl (C=O) groups excluding carboxylic acids is 1. The summed E-state index contributed by atoms with van der Waals surface area (Å²) in [5.41, 5.74) is 1.81. The van der Waals surface area contributed by atoms with Gasteiger partial charge in [0.05, 0.1) is 12.7 Å². The first-order valence-electron chi connectivity index (χ1n) is 12.5. The second kappa shape index (κ2) is 8.08. The maximum absolute atomic E-state index is 12.9. The number of carbonyl (C=O) groups is 1. The van der Waals surface area contributed by atoms with Gasteiger partial charge in [-0.25, -0.2) is 0 Å². The van der Waals surface area contributed by atoms with Gasteiger partial charge in [-0.1, -0.05) is 0 Å². The highest BCUT2D eigenvalue weighted by atomic mass is 16.6. The molecule has 8 heteroatoms. The van der Waals surface area contributed by atoms with Crippen LogP contribution in [0.1, 0.15) is 63.6 Å². The molecule has 0 radical (unpaired) electrons. The fourth-order valence-electron chi connectivity index (χ4n) is 7.16. The van der Waals surface area contributed by atoms with Crippen LogP contribution >= 0.6 is 0 Å². The number of nitrogens with one attached hydrogen (secondary N) is 1. The molecule has 1 saturated carbocycles. The Morgan fingerprint density at radius 2 is 2.12 bits per heavy atom. The summed E-state index contributed by atoms with van der Waals surface area (Å²) in [6.07, 6.45) is 2.33. The first-order chi connectivity index (χ1) is 16.0. The first-order valence-corrected chi connectivity index (χ1v) is 12.5. The van der Waals surface area contributed by atoms with Crippen LogP contribution in [0.3, 0.4) is 0 Å². The van der Waals surface area contributed by atoms with E-state index >= 15 is 0 Å². The molecule has 4 aliphatic rings. The number of ether oxygens (including phenoxy) is 2. The average molecular weight is 475 g/mol. The van der Waals surface area contributed by atoms with E-state index in [0.29, 0.717) is 23.3 Å². The molecule has 1 spiro atoms. The van der Waals surface area contributed by atoms with Crippen molar-refractivity contribution in [3.63, 3.8) is 0 Å². The number of hydrogen-bond donors (Lipinski definition) is 4. The number of aromatic hydroxyl groups is 1. The fourth-order valence-corrected chi connectivity index (χ4v) is 7.16. The number of esters is 1. The quantitative estimate of drug-likeness (QED) is 0.477. The zero-order valence-electron chi connectivity index (χ0n) is 20.8. The van der Waals surface area contributed by atoms with Crippen LogP contribution in [0.2, 0.25) is 0 Å². The van der Waals surface area contributed by atoms with E-state index < -0.39 is 23.7 Å². The van der Waals surface area contributed by atoms with Gasteiger partial charge < -0.3 is 29.7 Å². The maximum atomic E-state index is 12.9. The summed E-state index contributed by atoms with van der Waals surface area (Å²) in [4.78, 5) is 15.4. The molecule has 2 aliphatic carbocycles. The van der Waals surface area contributed by atoms with Gasteiger partial charge in [-0.15, -0.1) is 0 Å². The summed E-state index contributed by atoms with van der Waals surface area (Å²) in [5, 5.41) is 34.7. The van der Waals surface area contributed by atoms with E-state index in [9.17, 15) is 20.1 Å². The number of likely N-dealkylation sites (N-methyl/N-ethyl adjacent to an activating group) is 1. The lowest BCUT2D eigenvalue weighted by Crippen LogP contribution is -2.69. The van der Waals surface area contributed by atoms with E-state index in [4.69, 9.17) is 9.47 Å². The van der Waals surface area contributed by atoms with E-state index in [1.54, 1.807) is 6.92 Å². The number of hydrogen-bond acceptors (Lipinski definition) is 8. The highest BCUT2D eigenvalue weighted by Gasteiger charge is 2.65. The molecule has 7 atom stereocenters. The van der Waals surface area contributed by atoms with Crippen molar-refractivity contribution in [2.45, 2.75) is 101 Å². The van der Waals surface area contributed by atoms with Crippen molar-refractivity contribution in [3.8, 4) is 11.5 Å². The van der Waals surface area contributed by atoms with Crippen molar-refractivity contribution in [2.75, 3.05) is 13.6 Å². The lowest BCUT2D eigenvalue weighted by atomic mass is 9.51. The average Bonchev–Trinajstić information content (AvgIpc) is 3.10. The summed E-state index contributed by atoms with van der Waals surface area (Å²) in [5.74, 6) is 0.431. The van der Waals surface area contributed by atoms with E-state index in [2.05, 4.69) is 17.3 Å². The van der Waals surface area contributed by atoms with Crippen molar-refractivity contribution in [1.29, 1.82) is 0 Å². The topological polar surface area (TPSA) is 111 Å². The third-order valence-corrected chi connectivity index (χ3v) is 8.49. The van der Waals surface area contributed by atoms with Gasteiger partial charge >= 0.3 is 5.97 Å². The van der Waals surface area contributed by atoms with Crippen LogP contribution in [0.4, 0.5) is 0 Å². The number of rotatable bonds is 5. The van der Waals surface area contributed by atoms with Crippen molar-refractivity contribution in [1.82, 2.24) is 10.2 Å². The smallest absolute Gasteiger partial charge is 0.326 e. The standard InChI is InChI=1S/C26H38N2O6/c1-13(30)20(24(32)34-25(2,3)4)27-17-7-6-16-18-11-14-10-15(12-29)21(31)22-19(14)26(16,23(17)33-22)8-9-28(18)5/h10,13,16-18,20,23,27,29-31H,6-9,11-12H2,1-5H3/t13?,16-,17?,18+,20?,23?,26-/m0/s1. The summed E-state index contributed by atoms with van der Waals surface area (Å²) in [6, 6.07) is 1.24. The molecule has 8 nitrogen and oxygen atoms in total. The highest BCUT2D eigenvalue weighted by molar-refractivity contribution is 5.77. The number of likely N-dealkylation sites (tertiary alicyclic amines) is 1. The first kappa shape index (κ1) is 23.9. The molecule has 2 heterocycles. The van der Waals surface area contributed by atoms with Crippen LogP contribution in [0.25, 0.3) is 0 Å². The Labute approximate surface area is 201 Å². The summed E-state index contributed by atoms with van der Waals surface area (Å²) < 4.78 is 12.2. The van der Waals surface area contributed by atoms with Gasteiger partial charge in [-0.05, 0) is 84.5 Å². The Morgan fingerprint density at radius 3 is 2.76 bits per heavy atom. The molecule has 34 heavy (non-hydrogen) atoms. The van der Waals surface area contributed by atoms with Gasteiger partial charge in [0.25, 0.3) is 0 Å². The van der Waals surface area contributed by atoms with Crippen LogP contribution in [-0.4, -0.2) is 75.7 Å². The molecule has 1 aromatic carbocycles. The molecule has 188 valence electrons. The number of phenols is 1. The van der Waals surface area contributed by atoms with Crippen LogP contribution in [-0.2, 0) is 28.0 Å². The van der Waals surface area contributed by atoms with E-state index in [-0.39, 0.29) is 29.9 Å². The van der Waals surface area contributed by atoms with Crippen LogP contribution in [0, 0.1) is 5.92 Å². The molecular weight excluding hydrogens is 436 g/mol. The molecular formula is C26H38N2O6. The van der Waals surface area contributed by atoms with E-state index in [1.807, 2.05) is 26.8 Å². The van der Waals surface area contributed by atoms with Crippen molar-refractivity contribution in [2.24, 2.45) is 5.92 Å². The monoisotopic (exact) mass is 474 g/mol. The lowest BCUT2D eigenvalue weighted by Gasteiger charge is -2.59. The van der Waals surface area contributed by atoms with Gasteiger partial charge in [0.15, 0.2) is 11.5 Å². The van der Waals surface area contributed by atoms with Gasteiger partial charge in [0.1, 0.15) is 17.7 Å². The van der Waals surface area contributed by atoms with Crippen LogP contribution < -0.4 is 10.1 Å². The van der Waals surface area contributed by atoms with E-state index in [0.717, 1.165) is 43.4 Å². The molecule has 1 aromatic rings. The Kier molecular flexibility index (Phi) is 5.67. The summed E-state index contributed by atoms with van der Waals surface area (Å²) >= 11 is 0. The number of benzene rings is 1. The van der Waals surface area contributed by atoms with Gasteiger partial charge in [0.2, 0.25) is 0 Å². The molecule has 0 aromatic heterocycles. The minimum Gasteiger partial charge on any atom is -0.504 e. The fraction of sp³-hybridized carbons (Fsp3) is 0.731. The van der Waals surface area contributed by atoms with E-state index in [1.165, 1.54) is 0 Å². The Hall–Kier alpha value is -1.87. The van der Waals surface area contributed by atoms with Gasteiger partial charge in [-0.2, -0.15) is 0 Å². The Morgan fingerprint density at radius 1 is 1.38 bits per heavy atom. The predicted octanol–water partition coefficient (Wildman–Crippen LogP) is 1.60. The normalized spacial score (nSPS) is 33.6. The third-order valence-electron chi connectivity index (χ3n) is 8.49. The molecule has 4 N–H and O–H groups in total. The second-order valence-electron chi connectivity index (χ2n) is 11.7. The lowest BCUT2D eigenvalue weighted by molar-refractivity contribution is -0.161. The largest absolute Gasteiger partial charge is 0.504 e. The number of piperidine rings is 1. The second-order valence-corrected chi connectivity index (χ2v) is 11.7. The zero-order valence-corrected chi connectivity index (χ0v) is 20.8. The number of aliphatic hydroxyl groups is 2. The zero-order chi connectivity index (χ0) is 24.6. The molecule has 5 rings (SSSR count). The third kappa shape index (κ3) is 3.45. The maximum Gasteiger partial charge on any atom is 0.326 e.